The molecule has 0 fully saturated rings. The molecule has 0 aromatic carbocycles. The standard InChI is InChI=1S/C13H24N4O/c1-4-9-18-12-5-7-15-13(16-12)17(8-6-14)10-11(2)3/h5,7,11H,4,6,8-10,14H2,1-3H3. The quantitative estimate of drug-likeness (QED) is 0.762. The van der Waals surface area contributed by atoms with Crippen molar-refractivity contribution in [3.63, 3.8) is 0 Å². The summed E-state index contributed by atoms with van der Waals surface area (Å²) in [6.07, 6.45) is 2.70. The first-order chi connectivity index (χ1) is 8.67. The molecular formula is C13H24N4O. The molecule has 0 saturated heterocycles. The molecule has 102 valence electrons. The van der Waals surface area contributed by atoms with Crippen molar-refractivity contribution in [1.82, 2.24) is 9.97 Å². The van der Waals surface area contributed by atoms with Gasteiger partial charge in [-0.2, -0.15) is 4.98 Å². The second-order valence-corrected chi connectivity index (χ2v) is 4.67. The van der Waals surface area contributed by atoms with E-state index in [4.69, 9.17) is 10.5 Å². The molecule has 1 aromatic heterocycles. The summed E-state index contributed by atoms with van der Waals surface area (Å²) >= 11 is 0. The van der Waals surface area contributed by atoms with Crippen molar-refractivity contribution < 1.29 is 4.74 Å². The van der Waals surface area contributed by atoms with Crippen LogP contribution in [0.3, 0.4) is 0 Å². The maximum atomic E-state index is 5.63. The van der Waals surface area contributed by atoms with Gasteiger partial charge in [0.05, 0.1) is 6.61 Å². The van der Waals surface area contributed by atoms with Crippen LogP contribution in [0.2, 0.25) is 0 Å². The van der Waals surface area contributed by atoms with E-state index in [1.165, 1.54) is 0 Å². The smallest absolute Gasteiger partial charge is 0.228 e. The minimum atomic E-state index is 0.542. The second-order valence-electron chi connectivity index (χ2n) is 4.67. The molecule has 1 rings (SSSR count). The highest BCUT2D eigenvalue weighted by atomic mass is 16.5. The van der Waals surface area contributed by atoms with E-state index in [0.717, 1.165) is 19.5 Å². The fourth-order valence-electron chi connectivity index (χ4n) is 1.64. The highest BCUT2D eigenvalue weighted by molar-refractivity contribution is 5.32. The molecule has 0 radical (unpaired) electrons. The van der Waals surface area contributed by atoms with Crippen molar-refractivity contribution >= 4 is 5.95 Å². The van der Waals surface area contributed by atoms with Crippen LogP contribution in [0.25, 0.3) is 0 Å². The van der Waals surface area contributed by atoms with Crippen LogP contribution in [-0.2, 0) is 0 Å². The van der Waals surface area contributed by atoms with Crippen LogP contribution in [0.4, 0.5) is 5.95 Å². The number of rotatable bonds is 8. The Morgan fingerprint density at radius 2 is 2.22 bits per heavy atom. The van der Waals surface area contributed by atoms with Gasteiger partial charge in [0.25, 0.3) is 0 Å². The van der Waals surface area contributed by atoms with E-state index in [1.807, 2.05) is 0 Å². The van der Waals surface area contributed by atoms with Gasteiger partial charge < -0.3 is 15.4 Å². The zero-order valence-corrected chi connectivity index (χ0v) is 11.6. The van der Waals surface area contributed by atoms with E-state index in [1.54, 1.807) is 12.3 Å². The highest BCUT2D eigenvalue weighted by Crippen LogP contribution is 2.14. The monoisotopic (exact) mass is 252 g/mol. The summed E-state index contributed by atoms with van der Waals surface area (Å²) in [5, 5.41) is 0. The third-order valence-electron chi connectivity index (χ3n) is 2.34. The lowest BCUT2D eigenvalue weighted by Gasteiger charge is -2.23. The van der Waals surface area contributed by atoms with Gasteiger partial charge in [-0.3, -0.25) is 0 Å². The zero-order valence-electron chi connectivity index (χ0n) is 11.6. The first kappa shape index (κ1) is 14.7. The van der Waals surface area contributed by atoms with Gasteiger partial charge in [0.15, 0.2) is 0 Å². The summed E-state index contributed by atoms with van der Waals surface area (Å²) in [6, 6.07) is 1.79. The molecule has 5 nitrogen and oxygen atoms in total. The van der Waals surface area contributed by atoms with Gasteiger partial charge in [0.1, 0.15) is 0 Å². The number of nitrogens with two attached hydrogens (primary N) is 1. The van der Waals surface area contributed by atoms with Crippen molar-refractivity contribution in [2.75, 3.05) is 31.1 Å². The molecule has 0 saturated carbocycles. The summed E-state index contributed by atoms with van der Waals surface area (Å²) < 4.78 is 5.52. The molecule has 0 atom stereocenters. The number of hydrogen-bond donors (Lipinski definition) is 1. The average molecular weight is 252 g/mol. The molecule has 0 amide bonds. The fourth-order valence-corrected chi connectivity index (χ4v) is 1.64. The Labute approximate surface area is 109 Å². The largest absolute Gasteiger partial charge is 0.478 e. The first-order valence-corrected chi connectivity index (χ1v) is 6.58. The third kappa shape index (κ3) is 4.87. The van der Waals surface area contributed by atoms with Gasteiger partial charge in [-0.25, -0.2) is 4.98 Å². The minimum absolute atomic E-state index is 0.542. The highest BCUT2D eigenvalue weighted by Gasteiger charge is 2.11. The van der Waals surface area contributed by atoms with Crippen LogP contribution < -0.4 is 15.4 Å². The van der Waals surface area contributed by atoms with Gasteiger partial charge in [0.2, 0.25) is 11.8 Å². The Morgan fingerprint density at radius 3 is 2.83 bits per heavy atom. The maximum Gasteiger partial charge on any atom is 0.228 e. The van der Waals surface area contributed by atoms with Crippen molar-refractivity contribution in [3.05, 3.63) is 12.3 Å². The van der Waals surface area contributed by atoms with Gasteiger partial charge in [0, 0.05) is 31.9 Å². The van der Waals surface area contributed by atoms with Gasteiger partial charge >= 0.3 is 0 Å². The maximum absolute atomic E-state index is 5.63. The Balaban J connectivity index is 2.76. The van der Waals surface area contributed by atoms with Crippen molar-refractivity contribution in [2.24, 2.45) is 11.7 Å². The van der Waals surface area contributed by atoms with Crippen molar-refractivity contribution in [2.45, 2.75) is 27.2 Å². The van der Waals surface area contributed by atoms with Crippen LogP contribution in [0.15, 0.2) is 12.3 Å². The van der Waals surface area contributed by atoms with E-state index < -0.39 is 0 Å². The molecule has 0 aliphatic heterocycles. The van der Waals surface area contributed by atoms with Crippen LogP contribution in [0, 0.1) is 5.92 Å². The Bertz CT molecular complexity index is 344. The van der Waals surface area contributed by atoms with Gasteiger partial charge in [-0.15, -0.1) is 0 Å². The fraction of sp³-hybridized carbons (Fsp3) is 0.692. The summed E-state index contributed by atoms with van der Waals surface area (Å²) in [5.74, 6) is 1.87. The number of aromatic nitrogens is 2. The summed E-state index contributed by atoms with van der Waals surface area (Å²) in [6.45, 7) is 9.33. The Kier molecular flexibility index (Phi) is 6.43. The van der Waals surface area contributed by atoms with E-state index in [0.29, 0.717) is 30.9 Å². The summed E-state index contributed by atoms with van der Waals surface area (Å²) in [4.78, 5) is 10.8. The molecule has 18 heavy (non-hydrogen) atoms. The molecule has 0 unspecified atom stereocenters. The van der Waals surface area contributed by atoms with Crippen LogP contribution >= 0.6 is 0 Å². The molecule has 0 aliphatic carbocycles. The van der Waals surface area contributed by atoms with E-state index >= 15 is 0 Å². The second kappa shape index (κ2) is 7.87. The van der Waals surface area contributed by atoms with E-state index in [-0.39, 0.29) is 0 Å². The molecule has 0 spiro atoms. The van der Waals surface area contributed by atoms with Crippen molar-refractivity contribution in [1.29, 1.82) is 0 Å². The van der Waals surface area contributed by atoms with E-state index in [2.05, 4.69) is 35.6 Å². The topological polar surface area (TPSA) is 64.3 Å². The lowest BCUT2D eigenvalue weighted by Crippen LogP contribution is -2.34. The number of nitrogens with zero attached hydrogens (tertiary/aromatic N) is 3. The Hall–Kier alpha value is -1.36. The molecule has 0 bridgehead atoms. The first-order valence-electron chi connectivity index (χ1n) is 6.58. The van der Waals surface area contributed by atoms with Gasteiger partial charge in [-0.1, -0.05) is 20.8 Å². The molecule has 2 N–H and O–H groups in total. The lowest BCUT2D eigenvalue weighted by molar-refractivity contribution is 0.304. The minimum Gasteiger partial charge on any atom is -0.478 e. The zero-order chi connectivity index (χ0) is 13.4. The molecule has 1 aromatic rings. The van der Waals surface area contributed by atoms with Gasteiger partial charge in [-0.05, 0) is 12.3 Å². The van der Waals surface area contributed by atoms with E-state index in [9.17, 15) is 0 Å². The number of hydrogen-bond acceptors (Lipinski definition) is 5. The van der Waals surface area contributed by atoms with Crippen molar-refractivity contribution in [3.8, 4) is 5.88 Å². The number of ether oxygens (including phenoxy) is 1. The Morgan fingerprint density at radius 1 is 1.44 bits per heavy atom. The van der Waals surface area contributed by atoms with Crippen LogP contribution in [0.1, 0.15) is 27.2 Å². The normalized spacial score (nSPS) is 10.7. The summed E-state index contributed by atoms with van der Waals surface area (Å²) in [5.41, 5.74) is 5.63. The average Bonchev–Trinajstić information content (AvgIpc) is 2.36. The predicted molar refractivity (Wildman–Crippen MR) is 73.9 cm³/mol. The number of anilines is 1. The summed E-state index contributed by atoms with van der Waals surface area (Å²) in [7, 11) is 0. The van der Waals surface area contributed by atoms with Crippen LogP contribution in [-0.4, -0.2) is 36.2 Å². The SMILES string of the molecule is CCCOc1ccnc(N(CCN)CC(C)C)n1. The predicted octanol–water partition coefficient (Wildman–Crippen LogP) is 1.69. The third-order valence-corrected chi connectivity index (χ3v) is 2.34. The lowest BCUT2D eigenvalue weighted by atomic mass is 10.2. The van der Waals surface area contributed by atoms with Crippen LogP contribution in [0.5, 0.6) is 5.88 Å². The molecule has 0 aliphatic rings. The molecule has 1 heterocycles. The molecule has 5 heteroatoms. The molecular weight excluding hydrogens is 228 g/mol.